The summed E-state index contributed by atoms with van der Waals surface area (Å²) in [6.45, 7) is 1.39. The Morgan fingerprint density at radius 3 is 2.68 bits per heavy atom. The van der Waals surface area contributed by atoms with Crippen molar-refractivity contribution in [1.29, 1.82) is 0 Å². The minimum atomic E-state index is -1.30. The van der Waals surface area contributed by atoms with E-state index in [0.29, 0.717) is 10.0 Å². The van der Waals surface area contributed by atoms with Crippen LogP contribution in [0.25, 0.3) is 0 Å². The minimum absolute atomic E-state index is 0.0716. The van der Waals surface area contributed by atoms with Crippen LogP contribution in [0.15, 0.2) is 16.6 Å². The lowest BCUT2D eigenvalue weighted by Gasteiger charge is -2.16. The number of ether oxygens (including phenoxy) is 2. The van der Waals surface area contributed by atoms with Crippen molar-refractivity contribution >= 4 is 27.6 Å². The number of hydrogen-bond acceptors (Lipinski definition) is 5. The molecule has 0 radical (unpaired) electrons. The molecule has 0 bridgehead atoms. The van der Waals surface area contributed by atoms with Crippen molar-refractivity contribution in [2.75, 3.05) is 13.7 Å². The summed E-state index contributed by atoms with van der Waals surface area (Å²) < 4.78 is 10.4. The molecule has 0 fully saturated rings. The number of aryl methyl sites for hydroxylation is 1. The number of hydrogen-bond donors (Lipinski definition) is 1. The Balaban J connectivity index is 3.18. The van der Waals surface area contributed by atoms with Crippen LogP contribution in [0.4, 0.5) is 5.69 Å². The molecule has 1 unspecified atom stereocenters. The molecule has 0 saturated heterocycles. The van der Waals surface area contributed by atoms with Gasteiger partial charge in [0.1, 0.15) is 0 Å². The number of carbonyl (C=O) groups is 1. The Kier molecular flexibility index (Phi) is 5.25. The zero-order chi connectivity index (χ0) is 14.6. The fourth-order valence-electron chi connectivity index (χ4n) is 1.45. The fraction of sp³-hybridized carbons (Fsp3) is 0.364. The standard InChI is InChI=1S/C11H12BrNO6/c1-6-3-7(12)4-8(13(16)17)10(6)19-9(5-18-2)11(14)15/h3-4,9H,5H2,1-2H3,(H,14,15). The monoisotopic (exact) mass is 333 g/mol. The van der Waals surface area contributed by atoms with Gasteiger partial charge in [0.05, 0.1) is 11.5 Å². The molecule has 104 valence electrons. The van der Waals surface area contributed by atoms with Gasteiger partial charge < -0.3 is 14.6 Å². The van der Waals surface area contributed by atoms with Crippen molar-refractivity contribution in [2.45, 2.75) is 13.0 Å². The number of aliphatic carboxylic acids is 1. The number of nitrogens with zero attached hydrogens (tertiary/aromatic N) is 1. The summed E-state index contributed by atoms with van der Waals surface area (Å²) in [6, 6.07) is 2.86. The number of carboxylic acid groups (broad SMARTS) is 1. The molecular weight excluding hydrogens is 322 g/mol. The van der Waals surface area contributed by atoms with Crippen molar-refractivity contribution in [3.05, 3.63) is 32.3 Å². The lowest BCUT2D eigenvalue weighted by atomic mass is 10.2. The van der Waals surface area contributed by atoms with E-state index in [2.05, 4.69) is 15.9 Å². The van der Waals surface area contributed by atoms with Crippen LogP contribution < -0.4 is 4.74 Å². The highest BCUT2D eigenvalue weighted by molar-refractivity contribution is 9.10. The van der Waals surface area contributed by atoms with Gasteiger partial charge in [0, 0.05) is 17.6 Å². The van der Waals surface area contributed by atoms with Gasteiger partial charge in [0.15, 0.2) is 0 Å². The van der Waals surface area contributed by atoms with E-state index < -0.39 is 17.0 Å². The quantitative estimate of drug-likeness (QED) is 0.632. The largest absolute Gasteiger partial charge is 0.478 e. The van der Waals surface area contributed by atoms with Crippen LogP contribution in [0.2, 0.25) is 0 Å². The summed E-state index contributed by atoms with van der Waals surface area (Å²) >= 11 is 3.14. The van der Waals surface area contributed by atoms with E-state index in [1.54, 1.807) is 13.0 Å². The van der Waals surface area contributed by atoms with Gasteiger partial charge in [0.25, 0.3) is 0 Å². The molecule has 1 atom stereocenters. The first-order valence-electron chi connectivity index (χ1n) is 5.19. The second-order valence-electron chi connectivity index (χ2n) is 3.73. The molecule has 0 amide bonds. The average Bonchev–Trinajstić information content (AvgIpc) is 2.30. The van der Waals surface area contributed by atoms with Crippen LogP contribution in [0.3, 0.4) is 0 Å². The Labute approximate surface area is 117 Å². The maximum atomic E-state index is 11.0. The molecule has 1 N–H and O–H groups in total. The Morgan fingerprint density at radius 1 is 1.58 bits per heavy atom. The summed E-state index contributed by atoms with van der Waals surface area (Å²) in [6.07, 6.45) is -1.30. The van der Waals surface area contributed by atoms with Crippen molar-refractivity contribution in [3.8, 4) is 5.75 Å². The van der Waals surface area contributed by atoms with Gasteiger partial charge in [-0.3, -0.25) is 10.1 Å². The van der Waals surface area contributed by atoms with Gasteiger partial charge in [-0.15, -0.1) is 0 Å². The number of rotatable bonds is 6. The van der Waals surface area contributed by atoms with Gasteiger partial charge in [-0.2, -0.15) is 0 Å². The third-order valence-corrected chi connectivity index (χ3v) is 2.73. The van der Waals surface area contributed by atoms with Crippen molar-refractivity contribution in [2.24, 2.45) is 0 Å². The minimum Gasteiger partial charge on any atom is -0.478 e. The molecule has 19 heavy (non-hydrogen) atoms. The predicted molar refractivity (Wildman–Crippen MR) is 69.5 cm³/mol. The third-order valence-electron chi connectivity index (χ3n) is 2.27. The van der Waals surface area contributed by atoms with Gasteiger partial charge in [0.2, 0.25) is 11.9 Å². The zero-order valence-electron chi connectivity index (χ0n) is 10.3. The maximum Gasteiger partial charge on any atom is 0.347 e. The predicted octanol–water partition coefficient (Wildman–Crippen LogP) is 2.14. The molecule has 8 heteroatoms. The molecule has 0 saturated carbocycles. The van der Waals surface area contributed by atoms with E-state index in [0.717, 1.165) is 0 Å². The smallest absolute Gasteiger partial charge is 0.347 e. The second-order valence-corrected chi connectivity index (χ2v) is 4.64. The molecule has 7 nitrogen and oxygen atoms in total. The highest BCUT2D eigenvalue weighted by Gasteiger charge is 2.26. The molecule has 0 aliphatic carbocycles. The summed E-state index contributed by atoms with van der Waals surface area (Å²) in [7, 11) is 1.32. The molecule has 0 aliphatic heterocycles. The first kappa shape index (κ1) is 15.4. The average molecular weight is 334 g/mol. The van der Waals surface area contributed by atoms with Gasteiger partial charge >= 0.3 is 11.7 Å². The van der Waals surface area contributed by atoms with Gasteiger partial charge in [-0.25, -0.2) is 4.79 Å². The second kappa shape index (κ2) is 6.48. The molecule has 0 aromatic heterocycles. The van der Waals surface area contributed by atoms with Crippen LogP contribution in [0, 0.1) is 17.0 Å². The molecule has 0 aliphatic rings. The fourth-order valence-corrected chi connectivity index (χ4v) is 2.01. The number of carboxylic acids is 1. The zero-order valence-corrected chi connectivity index (χ0v) is 11.8. The summed E-state index contributed by atoms with van der Waals surface area (Å²) in [5.41, 5.74) is 0.164. The number of methoxy groups -OCH3 is 1. The molecule has 1 rings (SSSR count). The highest BCUT2D eigenvalue weighted by Crippen LogP contribution is 2.34. The Morgan fingerprint density at radius 2 is 2.21 bits per heavy atom. The highest BCUT2D eigenvalue weighted by atomic mass is 79.9. The van der Waals surface area contributed by atoms with E-state index in [1.165, 1.54) is 13.2 Å². The van der Waals surface area contributed by atoms with Crippen LogP contribution in [0.5, 0.6) is 5.75 Å². The number of nitro groups is 1. The van der Waals surface area contributed by atoms with E-state index in [9.17, 15) is 14.9 Å². The lowest BCUT2D eigenvalue weighted by Crippen LogP contribution is -2.32. The Hall–Kier alpha value is -1.67. The van der Waals surface area contributed by atoms with E-state index in [4.69, 9.17) is 14.6 Å². The maximum absolute atomic E-state index is 11.0. The van der Waals surface area contributed by atoms with Crippen LogP contribution in [0.1, 0.15) is 5.56 Å². The van der Waals surface area contributed by atoms with Crippen LogP contribution >= 0.6 is 15.9 Å². The van der Waals surface area contributed by atoms with Crippen molar-refractivity contribution in [1.82, 2.24) is 0 Å². The van der Waals surface area contributed by atoms with Gasteiger partial charge in [-0.05, 0) is 18.6 Å². The lowest BCUT2D eigenvalue weighted by molar-refractivity contribution is -0.386. The molecule has 0 spiro atoms. The van der Waals surface area contributed by atoms with Crippen molar-refractivity contribution < 1.29 is 24.3 Å². The number of benzene rings is 1. The molecule has 0 heterocycles. The van der Waals surface area contributed by atoms with Crippen LogP contribution in [-0.2, 0) is 9.53 Å². The van der Waals surface area contributed by atoms with Crippen molar-refractivity contribution in [3.63, 3.8) is 0 Å². The van der Waals surface area contributed by atoms with Crippen LogP contribution in [-0.4, -0.2) is 35.8 Å². The summed E-state index contributed by atoms with van der Waals surface area (Å²) in [5.74, 6) is -1.32. The molecular formula is C11H12BrNO6. The normalized spacial score (nSPS) is 11.9. The summed E-state index contributed by atoms with van der Waals surface area (Å²) in [5, 5.41) is 19.9. The molecule has 1 aromatic carbocycles. The SMILES string of the molecule is COCC(Oc1c(C)cc(Br)cc1[N+](=O)[O-])C(=O)O. The van der Waals surface area contributed by atoms with E-state index in [1.807, 2.05) is 0 Å². The number of halogens is 1. The van der Waals surface area contributed by atoms with E-state index in [-0.39, 0.29) is 18.0 Å². The van der Waals surface area contributed by atoms with E-state index >= 15 is 0 Å². The first-order chi connectivity index (χ1) is 8.86. The third kappa shape index (κ3) is 3.90. The first-order valence-corrected chi connectivity index (χ1v) is 5.99. The summed E-state index contributed by atoms with van der Waals surface area (Å²) in [4.78, 5) is 21.3. The molecule has 1 aromatic rings. The van der Waals surface area contributed by atoms with Gasteiger partial charge in [-0.1, -0.05) is 15.9 Å². The topological polar surface area (TPSA) is 98.9 Å². The Bertz CT molecular complexity index is 504. The number of nitro benzene ring substituents is 1.